The van der Waals surface area contributed by atoms with Crippen LogP contribution in [-0.2, 0) is 31.9 Å². The molecule has 0 unspecified atom stereocenters. The van der Waals surface area contributed by atoms with Gasteiger partial charge in [0, 0.05) is 35.1 Å². The van der Waals surface area contributed by atoms with E-state index in [2.05, 4.69) is 0 Å². The Hall–Kier alpha value is -6.04. The van der Waals surface area contributed by atoms with Gasteiger partial charge in [0.2, 0.25) is 11.5 Å². The number of hydrogen-bond donors (Lipinski definition) is 0. The first kappa shape index (κ1) is 49.9. The van der Waals surface area contributed by atoms with Crippen molar-refractivity contribution in [3.05, 3.63) is 82.9 Å². The lowest BCUT2D eigenvalue weighted by Gasteiger charge is -2.39. The normalized spacial score (nSPS) is 16.3. The van der Waals surface area contributed by atoms with E-state index in [0.29, 0.717) is 66.8 Å². The topological polar surface area (TPSA) is 142 Å². The summed E-state index contributed by atoms with van der Waals surface area (Å²) < 4.78 is 46.7. The molecule has 0 bridgehead atoms. The predicted molar refractivity (Wildman–Crippen MR) is 260 cm³/mol. The summed E-state index contributed by atoms with van der Waals surface area (Å²) in [6.45, 7) is 10.5. The number of methoxy groups -OCH3 is 4. The highest BCUT2D eigenvalue weighted by molar-refractivity contribution is 6.03. The molecule has 0 spiro atoms. The van der Waals surface area contributed by atoms with Gasteiger partial charge in [0.25, 0.3) is 0 Å². The quantitative estimate of drug-likeness (QED) is 0.0987. The molecule has 0 radical (unpaired) electrons. The van der Waals surface area contributed by atoms with Gasteiger partial charge in [-0.15, -0.1) is 0 Å². The summed E-state index contributed by atoms with van der Waals surface area (Å²) in [7, 11) is 6.29. The molecule has 4 aromatic carbocycles. The van der Waals surface area contributed by atoms with Gasteiger partial charge in [-0.1, -0.05) is 70.0 Å². The average molecular weight is 933 g/mol. The van der Waals surface area contributed by atoms with Crippen molar-refractivity contribution >= 4 is 23.5 Å². The van der Waals surface area contributed by atoms with Gasteiger partial charge in [0.15, 0.2) is 34.6 Å². The van der Waals surface area contributed by atoms with Gasteiger partial charge in [-0.25, -0.2) is 0 Å². The van der Waals surface area contributed by atoms with E-state index >= 15 is 0 Å². The number of fused-ring (bicyclic) bond motifs is 2. The number of Topliss-reactive ketones (excluding diaryl/α,β-unsaturated/α-hetero) is 2. The molecule has 4 aromatic rings. The van der Waals surface area contributed by atoms with E-state index in [1.165, 1.54) is 6.42 Å². The minimum atomic E-state index is -0.850. The van der Waals surface area contributed by atoms with Gasteiger partial charge in [-0.2, -0.15) is 0 Å². The zero-order valence-corrected chi connectivity index (χ0v) is 41.4. The zero-order chi connectivity index (χ0) is 48.8. The van der Waals surface area contributed by atoms with Gasteiger partial charge in [0.05, 0.1) is 40.5 Å². The van der Waals surface area contributed by atoms with E-state index in [1.807, 2.05) is 95.3 Å². The molecule has 12 nitrogen and oxygen atoms in total. The average Bonchev–Trinajstić information content (AvgIpc) is 3.90. The van der Waals surface area contributed by atoms with Gasteiger partial charge in [0.1, 0.15) is 24.7 Å². The largest absolute Gasteiger partial charge is 0.493 e. The molecule has 0 heterocycles. The number of ketones is 2. The number of ether oxygens (including phenoxy) is 8. The second-order valence-electron chi connectivity index (χ2n) is 20.3. The zero-order valence-electron chi connectivity index (χ0n) is 41.4. The summed E-state index contributed by atoms with van der Waals surface area (Å²) in [5, 5.41) is 0. The molecule has 4 aliphatic rings. The van der Waals surface area contributed by atoms with Gasteiger partial charge >= 0.3 is 11.9 Å². The van der Waals surface area contributed by atoms with Gasteiger partial charge < -0.3 is 37.9 Å². The van der Waals surface area contributed by atoms with Crippen molar-refractivity contribution in [1.82, 2.24) is 0 Å². The summed E-state index contributed by atoms with van der Waals surface area (Å²) in [4.78, 5) is 50.7. The first-order valence-electron chi connectivity index (χ1n) is 24.0. The molecule has 2 fully saturated rings. The Bertz CT molecular complexity index is 2500. The Labute approximate surface area is 401 Å². The molecular formula is C56H68O12. The van der Waals surface area contributed by atoms with Crippen molar-refractivity contribution < 1.29 is 57.1 Å². The van der Waals surface area contributed by atoms with Crippen LogP contribution in [0.2, 0.25) is 0 Å². The third kappa shape index (κ3) is 10.6. The summed E-state index contributed by atoms with van der Waals surface area (Å²) in [6, 6.07) is 19.1. The number of carbonyl (C=O) groups excluding carboxylic acids is 4. The fraction of sp³-hybridized carbons (Fsp3) is 0.500. The molecule has 0 N–H and O–H groups in total. The van der Waals surface area contributed by atoms with E-state index in [9.17, 15) is 19.2 Å². The molecule has 0 aromatic heterocycles. The first-order valence-corrected chi connectivity index (χ1v) is 24.0. The van der Waals surface area contributed by atoms with Crippen LogP contribution in [0, 0.1) is 16.2 Å². The molecule has 12 heteroatoms. The Morgan fingerprint density at radius 2 is 1.06 bits per heavy atom. The summed E-state index contributed by atoms with van der Waals surface area (Å²) >= 11 is 0. The van der Waals surface area contributed by atoms with Crippen LogP contribution >= 0.6 is 0 Å². The standard InChI is InChI=1S/2C28H34O6/c1-27(2,3)16-34-26(30)28(14-7-15-28)17-33-24-21(11-13-23(31-4)25(24)32-5)18-8-6-9-20-19(18)10-12-22(20)29;1-28(2,27(30)34-18-9-6-5-7-10-18)17-33-25-22(14-16-24(31-3)26(25)32-4)19-11-8-12-21-20(19)13-15-23(21)29/h6,8-9,11,13H,7,10,12,14-17H2,1-5H3;8,11-12,14,16,18H,5-7,9-10,13,15,17H2,1-4H3. The number of carbonyl (C=O) groups is 4. The number of rotatable bonds is 16. The lowest BCUT2D eigenvalue weighted by Crippen LogP contribution is -2.45. The highest BCUT2D eigenvalue weighted by Gasteiger charge is 2.47. The minimum Gasteiger partial charge on any atom is -0.493 e. The SMILES string of the molecule is COc1ccc(-c2cccc3c2CCC3=O)c(OCC(C)(C)C(=O)OC2CCCCC2)c1OC.COc1ccc(-c2cccc3c2CCC3=O)c(OCC2(C(=O)OCC(C)(C)C)CCC2)c1OC. The van der Waals surface area contributed by atoms with E-state index in [0.717, 1.165) is 89.5 Å². The molecule has 364 valence electrons. The third-order valence-electron chi connectivity index (χ3n) is 13.6. The van der Waals surface area contributed by atoms with Crippen molar-refractivity contribution in [3.8, 4) is 56.8 Å². The van der Waals surface area contributed by atoms with Crippen LogP contribution in [0.1, 0.15) is 131 Å². The summed E-state index contributed by atoms with van der Waals surface area (Å²) in [6.07, 6.45) is 10.1. The Kier molecular flexibility index (Phi) is 15.5. The second kappa shape index (κ2) is 21.1. The van der Waals surface area contributed by atoms with Crippen LogP contribution in [-0.4, -0.2) is 77.9 Å². The fourth-order valence-corrected chi connectivity index (χ4v) is 9.46. The van der Waals surface area contributed by atoms with Crippen LogP contribution in [0.5, 0.6) is 34.5 Å². The maximum atomic E-state index is 13.0. The number of hydrogen-bond acceptors (Lipinski definition) is 12. The first-order chi connectivity index (χ1) is 32.5. The molecule has 0 amide bonds. The second-order valence-corrected chi connectivity index (χ2v) is 20.3. The van der Waals surface area contributed by atoms with Crippen molar-refractivity contribution in [3.63, 3.8) is 0 Å². The Morgan fingerprint density at radius 3 is 1.51 bits per heavy atom. The fourth-order valence-electron chi connectivity index (χ4n) is 9.46. The van der Waals surface area contributed by atoms with Crippen LogP contribution < -0.4 is 28.4 Å². The molecule has 68 heavy (non-hydrogen) atoms. The predicted octanol–water partition coefficient (Wildman–Crippen LogP) is 11.4. The molecule has 4 aliphatic carbocycles. The van der Waals surface area contributed by atoms with Crippen molar-refractivity contribution in [2.75, 3.05) is 48.3 Å². The molecule has 8 rings (SSSR count). The van der Waals surface area contributed by atoms with Crippen LogP contribution in [0.3, 0.4) is 0 Å². The Morgan fingerprint density at radius 1 is 0.559 bits per heavy atom. The number of benzene rings is 4. The Balaban J connectivity index is 0.000000201. The lowest BCUT2D eigenvalue weighted by atomic mass is 9.69. The van der Waals surface area contributed by atoms with E-state index in [4.69, 9.17) is 37.9 Å². The van der Waals surface area contributed by atoms with Gasteiger partial charge in [-0.05, 0) is 117 Å². The van der Waals surface area contributed by atoms with Crippen molar-refractivity contribution in [2.24, 2.45) is 16.2 Å². The van der Waals surface area contributed by atoms with E-state index < -0.39 is 10.8 Å². The highest BCUT2D eigenvalue weighted by Crippen LogP contribution is 2.50. The summed E-state index contributed by atoms with van der Waals surface area (Å²) in [5.41, 5.74) is 5.45. The minimum absolute atomic E-state index is 0.00751. The van der Waals surface area contributed by atoms with Crippen molar-refractivity contribution in [1.29, 1.82) is 0 Å². The smallest absolute Gasteiger partial charge is 0.315 e. The third-order valence-corrected chi connectivity index (χ3v) is 13.6. The lowest BCUT2D eigenvalue weighted by molar-refractivity contribution is -0.167. The van der Waals surface area contributed by atoms with E-state index in [-0.39, 0.29) is 48.2 Å². The monoisotopic (exact) mass is 932 g/mol. The molecule has 0 saturated heterocycles. The van der Waals surface area contributed by atoms with Crippen LogP contribution in [0.15, 0.2) is 60.7 Å². The molecule has 0 aliphatic heterocycles. The van der Waals surface area contributed by atoms with Crippen LogP contribution in [0.4, 0.5) is 0 Å². The molecule has 2 saturated carbocycles. The van der Waals surface area contributed by atoms with Crippen molar-refractivity contribution in [2.45, 2.75) is 118 Å². The highest BCUT2D eigenvalue weighted by atomic mass is 16.6. The number of esters is 2. The summed E-state index contributed by atoms with van der Waals surface area (Å²) in [5.74, 6) is 2.88. The van der Waals surface area contributed by atoms with Crippen LogP contribution in [0.25, 0.3) is 22.3 Å². The van der Waals surface area contributed by atoms with E-state index in [1.54, 1.807) is 28.4 Å². The maximum absolute atomic E-state index is 13.0. The molecular weight excluding hydrogens is 865 g/mol. The molecule has 0 atom stereocenters. The maximum Gasteiger partial charge on any atom is 0.315 e. The van der Waals surface area contributed by atoms with Gasteiger partial charge in [-0.3, -0.25) is 19.2 Å².